The molecule has 1 atom stereocenters. The molecule has 0 spiro atoms. The topological polar surface area (TPSA) is 80.6 Å². The van der Waals surface area contributed by atoms with Gasteiger partial charge in [0.05, 0.1) is 6.61 Å². The maximum absolute atomic E-state index is 12.8. The summed E-state index contributed by atoms with van der Waals surface area (Å²) in [4.78, 5) is 38.0. The fourth-order valence-electron chi connectivity index (χ4n) is 3.48. The van der Waals surface area contributed by atoms with Crippen LogP contribution >= 0.6 is 0 Å². The summed E-state index contributed by atoms with van der Waals surface area (Å²) < 4.78 is 6.87. The van der Waals surface area contributed by atoms with Crippen LogP contribution in [-0.4, -0.2) is 53.5 Å². The van der Waals surface area contributed by atoms with E-state index in [2.05, 4.69) is 5.32 Å². The Balaban J connectivity index is 1.73. The van der Waals surface area contributed by atoms with Crippen LogP contribution in [0.15, 0.2) is 30.5 Å². The first kappa shape index (κ1) is 18.9. The Labute approximate surface area is 158 Å². The highest BCUT2D eigenvalue weighted by atomic mass is 16.6. The molecule has 3 rings (SSSR count). The van der Waals surface area contributed by atoms with Crippen LogP contribution in [0.1, 0.15) is 43.1 Å². The molecule has 0 bridgehead atoms. The SMILES string of the molecule is CC[C@@H](C(=O)NCCN1CCCOC1=O)n1cc(C(C)=O)c2ccccc21. The molecule has 2 amide bonds. The third-order valence-corrected chi connectivity index (χ3v) is 4.88. The summed E-state index contributed by atoms with van der Waals surface area (Å²) in [5.74, 6) is -0.150. The zero-order valence-corrected chi connectivity index (χ0v) is 15.7. The highest BCUT2D eigenvalue weighted by Crippen LogP contribution is 2.26. The Morgan fingerprint density at radius 3 is 2.78 bits per heavy atom. The van der Waals surface area contributed by atoms with Crippen LogP contribution in [0.3, 0.4) is 0 Å². The maximum Gasteiger partial charge on any atom is 0.409 e. The van der Waals surface area contributed by atoms with E-state index in [-0.39, 0.29) is 17.8 Å². The van der Waals surface area contributed by atoms with Gasteiger partial charge in [-0.3, -0.25) is 9.59 Å². The lowest BCUT2D eigenvalue weighted by atomic mass is 10.1. The van der Waals surface area contributed by atoms with Gasteiger partial charge in [0.2, 0.25) is 5.91 Å². The van der Waals surface area contributed by atoms with Gasteiger partial charge >= 0.3 is 6.09 Å². The van der Waals surface area contributed by atoms with Crippen LogP contribution < -0.4 is 5.32 Å². The number of fused-ring (bicyclic) bond motifs is 1. The lowest BCUT2D eigenvalue weighted by Gasteiger charge is -2.26. The van der Waals surface area contributed by atoms with E-state index in [1.807, 2.05) is 35.8 Å². The fourth-order valence-corrected chi connectivity index (χ4v) is 3.48. The number of ketones is 1. The van der Waals surface area contributed by atoms with Crippen LogP contribution in [0.5, 0.6) is 0 Å². The van der Waals surface area contributed by atoms with Crippen molar-refractivity contribution in [2.45, 2.75) is 32.7 Å². The summed E-state index contributed by atoms with van der Waals surface area (Å²) in [7, 11) is 0. The lowest BCUT2D eigenvalue weighted by molar-refractivity contribution is -0.124. The molecule has 1 fully saturated rings. The summed E-state index contributed by atoms with van der Waals surface area (Å²) >= 11 is 0. The predicted octanol–water partition coefficient (Wildman–Crippen LogP) is 2.75. The van der Waals surface area contributed by atoms with Crippen molar-refractivity contribution in [3.8, 4) is 0 Å². The lowest BCUT2D eigenvalue weighted by Crippen LogP contribution is -2.43. The molecule has 1 aromatic heterocycles. The molecule has 1 saturated heterocycles. The first-order valence-electron chi connectivity index (χ1n) is 9.32. The monoisotopic (exact) mass is 371 g/mol. The van der Waals surface area contributed by atoms with Crippen molar-refractivity contribution in [2.24, 2.45) is 0 Å². The number of Topliss-reactive ketones (excluding diaryl/α,β-unsaturated/α-hetero) is 1. The maximum atomic E-state index is 12.8. The van der Waals surface area contributed by atoms with Crippen molar-refractivity contribution in [1.29, 1.82) is 0 Å². The van der Waals surface area contributed by atoms with Crippen LogP contribution in [0.4, 0.5) is 4.79 Å². The number of nitrogens with zero attached hydrogens (tertiary/aromatic N) is 2. The smallest absolute Gasteiger partial charge is 0.409 e. The van der Waals surface area contributed by atoms with Crippen molar-refractivity contribution in [1.82, 2.24) is 14.8 Å². The summed E-state index contributed by atoms with van der Waals surface area (Å²) in [6.45, 7) is 5.36. The van der Waals surface area contributed by atoms with Crippen LogP contribution in [0, 0.1) is 0 Å². The molecule has 1 N–H and O–H groups in total. The molecule has 2 aromatic rings. The summed E-state index contributed by atoms with van der Waals surface area (Å²) in [6, 6.07) is 7.18. The van der Waals surface area contributed by atoms with Gasteiger partial charge in [-0.1, -0.05) is 25.1 Å². The molecular formula is C20H25N3O4. The number of cyclic esters (lactones) is 1. The first-order valence-corrected chi connectivity index (χ1v) is 9.32. The number of para-hydroxylation sites is 1. The Morgan fingerprint density at radius 2 is 2.07 bits per heavy atom. The second-order valence-electron chi connectivity index (χ2n) is 6.69. The van der Waals surface area contributed by atoms with E-state index in [0.29, 0.717) is 38.2 Å². The summed E-state index contributed by atoms with van der Waals surface area (Å²) in [5.41, 5.74) is 1.48. The highest BCUT2D eigenvalue weighted by molar-refractivity contribution is 6.07. The number of carbonyl (C=O) groups excluding carboxylic acids is 3. The Morgan fingerprint density at radius 1 is 1.30 bits per heavy atom. The van der Waals surface area contributed by atoms with Crippen LogP contribution in [0.25, 0.3) is 10.9 Å². The summed E-state index contributed by atoms with van der Waals surface area (Å²) in [6.07, 6.45) is 2.83. The van der Waals surface area contributed by atoms with Gasteiger partial charge in [0.25, 0.3) is 0 Å². The molecule has 7 nitrogen and oxygen atoms in total. The standard InChI is InChI=1S/C20H25N3O4/c1-3-17(19(25)21-9-11-22-10-6-12-27-20(22)26)23-13-16(14(2)24)15-7-4-5-8-18(15)23/h4-5,7-8,13,17H,3,6,9-12H2,1-2H3,(H,21,25)/t17-/m0/s1. The van der Waals surface area contributed by atoms with E-state index in [9.17, 15) is 14.4 Å². The Hall–Kier alpha value is -2.83. The van der Waals surface area contributed by atoms with Crippen molar-refractivity contribution >= 4 is 28.7 Å². The normalized spacial score (nSPS) is 15.5. The van der Waals surface area contributed by atoms with Crippen molar-refractivity contribution in [3.05, 3.63) is 36.0 Å². The van der Waals surface area contributed by atoms with Gasteiger partial charge < -0.3 is 19.5 Å². The molecule has 0 unspecified atom stereocenters. The molecule has 144 valence electrons. The van der Waals surface area contributed by atoms with Gasteiger partial charge in [0, 0.05) is 42.3 Å². The third kappa shape index (κ3) is 3.97. The molecule has 0 radical (unpaired) electrons. The number of ether oxygens (including phenoxy) is 1. The van der Waals surface area contributed by atoms with Gasteiger partial charge in [-0.05, 0) is 25.8 Å². The second kappa shape index (κ2) is 8.24. The molecule has 0 saturated carbocycles. The van der Waals surface area contributed by atoms with Crippen molar-refractivity contribution < 1.29 is 19.1 Å². The second-order valence-corrected chi connectivity index (χ2v) is 6.69. The molecular weight excluding hydrogens is 346 g/mol. The minimum atomic E-state index is -0.420. The van der Waals surface area contributed by atoms with Crippen molar-refractivity contribution in [3.63, 3.8) is 0 Å². The zero-order chi connectivity index (χ0) is 19.4. The van der Waals surface area contributed by atoms with E-state index < -0.39 is 6.04 Å². The number of nitrogens with one attached hydrogen (secondary N) is 1. The first-order chi connectivity index (χ1) is 13.0. The molecule has 7 heteroatoms. The molecule has 1 aliphatic rings. The minimum absolute atomic E-state index is 0.0242. The van der Waals surface area contributed by atoms with E-state index >= 15 is 0 Å². The zero-order valence-electron chi connectivity index (χ0n) is 15.7. The largest absolute Gasteiger partial charge is 0.449 e. The Kier molecular flexibility index (Phi) is 5.78. The molecule has 2 heterocycles. The number of rotatable bonds is 7. The van der Waals surface area contributed by atoms with Crippen LogP contribution in [-0.2, 0) is 9.53 Å². The molecule has 0 aliphatic carbocycles. The number of carbonyl (C=O) groups is 3. The Bertz CT molecular complexity index is 858. The molecule has 27 heavy (non-hydrogen) atoms. The van der Waals surface area contributed by atoms with Crippen molar-refractivity contribution in [2.75, 3.05) is 26.2 Å². The fraction of sp³-hybridized carbons (Fsp3) is 0.450. The van der Waals surface area contributed by atoms with E-state index in [4.69, 9.17) is 4.74 Å². The average molecular weight is 371 g/mol. The summed E-state index contributed by atoms with van der Waals surface area (Å²) in [5, 5.41) is 3.76. The van der Waals surface area contributed by atoms with Gasteiger partial charge in [-0.25, -0.2) is 4.79 Å². The number of aromatic nitrogens is 1. The quantitative estimate of drug-likeness (QED) is 0.759. The van der Waals surface area contributed by atoms with Gasteiger partial charge in [-0.2, -0.15) is 0 Å². The predicted molar refractivity (Wildman–Crippen MR) is 102 cm³/mol. The van der Waals surface area contributed by atoms with Crippen LogP contribution in [0.2, 0.25) is 0 Å². The third-order valence-electron chi connectivity index (χ3n) is 4.88. The number of benzene rings is 1. The van der Waals surface area contributed by atoms with E-state index in [0.717, 1.165) is 17.3 Å². The minimum Gasteiger partial charge on any atom is -0.449 e. The number of amides is 2. The number of hydrogen-bond acceptors (Lipinski definition) is 4. The average Bonchev–Trinajstić information content (AvgIpc) is 3.04. The van der Waals surface area contributed by atoms with Gasteiger partial charge in [-0.15, -0.1) is 0 Å². The van der Waals surface area contributed by atoms with E-state index in [1.54, 1.807) is 11.1 Å². The van der Waals surface area contributed by atoms with E-state index in [1.165, 1.54) is 6.92 Å². The number of hydrogen-bond donors (Lipinski definition) is 1. The van der Waals surface area contributed by atoms with Gasteiger partial charge in [0.1, 0.15) is 6.04 Å². The highest BCUT2D eigenvalue weighted by Gasteiger charge is 2.23. The van der Waals surface area contributed by atoms with Gasteiger partial charge in [0.15, 0.2) is 5.78 Å². The molecule has 1 aromatic carbocycles. The molecule has 1 aliphatic heterocycles.